The van der Waals surface area contributed by atoms with Gasteiger partial charge in [0.1, 0.15) is 0 Å². The van der Waals surface area contributed by atoms with Crippen LogP contribution in [0, 0.1) is 5.92 Å². The van der Waals surface area contributed by atoms with Crippen molar-refractivity contribution in [1.29, 1.82) is 0 Å². The third-order valence-corrected chi connectivity index (χ3v) is 2.90. The van der Waals surface area contributed by atoms with Crippen LogP contribution in [0.2, 0.25) is 0 Å². The minimum atomic E-state index is 0.0821. The molecule has 3 nitrogen and oxygen atoms in total. The molecule has 0 aliphatic carbocycles. The molecule has 0 spiro atoms. The molecule has 0 bridgehead atoms. The van der Waals surface area contributed by atoms with Crippen LogP contribution in [-0.2, 0) is 4.79 Å². The van der Waals surface area contributed by atoms with E-state index in [0.717, 1.165) is 45.2 Å². The molecule has 0 aromatic rings. The largest absolute Gasteiger partial charge is 0.342 e. The van der Waals surface area contributed by atoms with E-state index in [1.807, 2.05) is 11.8 Å². The van der Waals surface area contributed by atoms with Gasteiger partial charge in [0, 0.05) is 19.0 Å². The van der Waals surface area contributed by atoms with Gasteiger partial charge in [0.2, 0.25) is 5.91 Å². The molecule has 3 heteroatoms. The van der Waals surface area contributed by atoms with Crippen molar-refractivity contribution in [1.82, 2.24) is 4.90 Å². The standard InChI is InChI=1S/C13H28N2O/c1-4-6-10-15(11-7-5-2)13(16)12(3)8-9-14/h12H,4-11,14H2,1-3H3. The van der Waals surface area contributed by atoms with E-state index in [9.17, 15) is 4.79 Å². The van der Waals surface area contributed by atoms with E-state index in [2.05, 4.69) is 13.8 Å². The lowest BCUT2D eigenvalue weighted by Crippen LogP contribution is -2.37. The van der Waals surface area contributed by atoms with Gasteiger partial charge in [0.15, 0.2) is 0 Å². The molecular weight excluding hydrogens is 200 g/mol. The average Bonchev–Trinajstić information content (AvgIpc) is 2.29. The van der Waals surface area contributed by atoms with Crippen LogP contribution in [0.1, 0.15) is 52.9 Å². The van der Waals surface area contributed by atoms with E-state index in [1.54, 1.807) is 0 Å². The zero-order chi connectivity index (χ0) is 12.4. The molecule has 1 atom stereocenters. The smallest absolute Gasteiger partial charge is 0.225 e. The van der Waals surface area contributed by atoms with Crippen LogP contribution in [0.4, 0.5) is 0 Å². The van der Waals surface area contributed by atoms with Gasteiger partial charge in [-0.25, -0.2) is 0 Å². The van der Waals surface area contributed by atoms with Gasteiger partial charge in [-0.1, -0.05) is 33.6 Å². The second kappa shape index (κ2) is 9.64. The molecule has 0 aromatic carbocycles. The lowest BCUT2D eigenvalue weighted by Gasteiger charge is -2.25. The van der Waals surface area contributed by atoms with Crippen molar-refractivity contribution < 1.29 is 4.79 Å². The molecule has 0 aromatic heterocycles. The summed E-state index contributed by atoms with van der Waals surface area (Å²) in [6, 6.07) is 0. The first-order valence-corrected chi connectivity index (χ1v) is 6.66. The summed E-state index contributed by atoms with van der Waals surface area (Å²) in [6.07, 6.45) is 5.28. The fourth-order valence-corrected chi connectivity index (χ4v) is 1.72. The van der Waals surface area contributed by atoms with Crippen LogP contribution in [0.5, 0.6) is 0 Å². The Morgan fingerprint density at radius 2 is 1.69 bits per heavy atom. The third kappa shape index (κ3) is 6.11. The predicted octanol–water partition coefficient (Wildman–Crippen LogP) is 2.40. The van der Waals surface area contributed by atoms with Crippen molar-refractivity contribution in [3.63, 3.8) is 0 Å². The van der Waals surface area contributed by atoms with Crippen molar-refractivity contribution in [2.75, 3.05) is 19.6 Å². The zero-order valence-corrected chi connectivity index (χ0v) is 11.2. The number of nitrogens with two attached hydrogens (primary N) is 1. The van der Waals surface area contributed by atoms with Crippen LogP contribution in [0.25, 0.3) is 0 Å². The Bertz CT molecular complexity index is 175. The van der Waals surface area contributed by atoms with E-state index in [1.165, 1.54) is 0 Å². The molecular formula is C13H28N2O. The van der Waals surface area contributed by atoms with Crippen molar-refractivity contribution in [3.8, 4) is 0 Å². The summed E-state index contributed by atoms with van der Waals surface area (Å²) in [6.45, 7) is 8.72. The van der Waals surface area contributed by atoms with E-state index >= 15 is 0 Å². The first-order chi connectivity index (χ1) is 7.67. The minimum absolute atomic E-state index is 0.0821. The van der Waals surface area contributed by atoms with Crippen LogP contribution in [-0.4, -0.2) is 30.4 Å². The van der Waals surface area contributed by atoms with Gasteiger partial charge in [-0.2, -0.15) is 0 Å². The van der Waals surface area contributed by atoms with Gasteiger partial charge >= 0.3 is 0 Å². The van der Waals surface area contributed by atoms with Crippen molar-refractivity contribution >= 4 is 5.91 Å². The lowest BCUT2D eigenvalue weighted by molar-refractivity contribution is -0.135. The van der Waals surface area contributed by atoms with E-state index in [0.29, 0.717) is 6.54 Å². The Labute approximate surface area is 100 Å². The fraction of sp³-hybridized carbons (Fsp3) is 0.923. The number of unbranched alkanes of at least 4 members (excludes halogenated alkanes) is 2. The van der Waals surface area contributed by atoms with Crippen LogP contribution < -0.4 is 5.73 Å². The summed E-state index contributed by atoms with van der Waals surface area (Å²) in [5.41, 5.74) is 5.50. The Morgan fingerprint density at radius 1 is 1.19 bits per heavy atom. The molecule has 2 N–H and O–H groups in total. The summed E-state index contributed by atoms with van der Waals surface area (Å²) in [5, 5.41) is 0. The van der Waals surface area contributed by atoms with Gasteiger partial charge in [-0.15, -0.1) is 0 Å². The monoisotopic (exact) mass is 228 g/mol. The van der Waals surface area contributed by atoms with Crippen LogP contribution >= 0.6 is 0 Å². The Kier molecular flexibility index (Phi) is 9.30. The van der Waals surface area contributed by atoms with E-state index < -0.39 is 0 Å². The third-order valence-electron chi connectivity index (χ3n) is 2.90. The topological polar surface area (TPSA) is 46.3 Å². The molecule has 96 valence electrons. The molecule has 0 saturated carbocycles. The van der Waals surface area contributed by atoms with Crippen molar-refractivity contribution in [2.24, 2.45) is 11.7 Å². The average molecular weight is 228 g/mol. The SMILES string of the molecule is CCCCN(CCCC)C(=O)C(C)CCN. The molecule has 0 radical (unpaired) electrons. The molecule has 0 aliphatic rings. The Morgan fingerprint density at radius 3 is 2.06 bits per heavy atom. The molecule has 0 rings (SSSR count). The maximum Gasteiger partial charge on any atom is 0.225 e. The quantitative estimate of drug-likeness (QED) is 0.658. The maximum absolute atomic E-state index is 12.1. The summed E-state index contributed by atoms with van der Waals surface area (Å²) in [7, 11) is 0. The highest BCUT2D eigenvalue weighted by Crippen LogP contribution is 2.09. The second-order valence-corrected chi connectivity index (χ2v) is 4.51. The number of hydrogen-bond donors (Lipinski definition) is 1. The number of nitrogens with zero attached hydrogens (tertiary/aromatic N) is 1. The van der Waals surface area contributed by atoms with Gasteiger partial charge < -0.3 is 10.6 Å². The van der Waals surface area contributed by atoms with E-state index in [-0.39, 0.29) is 11.8 Å². The Hall–Kier alpha value is -0.570. The number of amides is 1. The van der Waals surface area contributed by atoms with Gasteiger partial charge in [-0.05, 0) is 25.8 Å². The molecule has 0 aliphatic heterocycles. The first-order valence-electron chi connectivity index (χ1n) is 6.66. The van der Waals surface area contributed by atoms with Crippen LogP contribution in [0.3, 0.4) is 0 Å². The molecule has 1 amide bonds. The number of rotatable bonds is 9. The van der Waals surface area contributed by atoms with Crippen molar-refractivity contribution in [3.05, 3.63) is 0 Å². The second-order valence-electron chi connectivity index (χ2n) is 4.51. The van der Waals surface area contributed by atoms with Gasteiger partial charge in [0.05, 0.1) is 0 Å². The highest BCUT2D eigenvalue weighted by Gasteiger charge is 2.18. The molecule has 0 saturated heterocycles. The van der Waals surface area contributed by atoms with E-state index in [4.69, 9.17) is 5.73 Å². The molecule has 0 fully saturated rings. The van der Waals surface area contributed by atoms with Crippen molar-refractivity contribution in [2.45, 2.75) is 52.9 Å². The Balaban J connectivity index is 4.18. The first kappa shape index (κ1) is 15.4. The number of hydrogen-bond acceptors (Lipinski definition) is 2. The zero-order valence-electron chi connectivity index (χ0n) is 11.2. The summed E-state index contributed by atoms with van der Waals surface area (Å²) in [5.74, 6) is 0.367. The summed E-state index contributed by atoms with van der Waals surface area (Å²) in [4.78, 5) is 14.1. The lowest BCUT2D eigenvalue weighted by atomic mass is 10.1. The highest BCUT2D eigenvalue weighted by atomic mass is 16.2. The normalized spacial score (nSPS) is 12.5. The summed E-state index contributed by atoms with van der Waals surface area (Å²) >= 11 is 0. The predicted molar refractivity (Wildman–Crippen MR) is 69.2 cm³/mol. The minimum Gasteiger partial charge on any atom is -0.342 e. The van der Waals surface area contributed by atoms with Crippen LogP contribution in [0.15, 0.2) is 0 Å². The fourth-order valence-electron chi connectivity index (χ4n) is 1.72. The van der Waals surface area contributed by atoms with Gasteiger partial charge in [0.25, 0.3) is 0 Å². The highest BCUT2D eigenvalue weighted by molar-refractivity contribution is 5.78. The summed E-state index contributed by atoms with van der Waals surface area (Å²) < 4.78 is 0. The molecule has 0 heterocycles. The number of carbonyl (C=O) groups excluding carboxylic acids is 1. The van der Waals surface area contributed by atoms with Gasteiger partial charge in [-0.3, -0.25) is 4.79 Å². The number of carbonyl (C=O) groups is 1. The molecule has 1 unspecified atom stereocenters. The molecule has 16 heavy (non-hydrogen) atoms. The maximum atomic E-state index is 12.1.